The van der Waals surface area contributed by atoms with Crippen molar-refractivity contribution in [3.63, 3.8) is 0 Å². The van der Waals surface area contributed by atoms with Gasteiger partial charge in [-0.05, 0) is 30.3 Å². The molecule has 0 aromatic heterocycles. The molecule has 1 atom stereocenters. The molecule has 3 rings (SSSR count). The number of halogens is 2. The lowest BCUT2D eigenvalue weighted by Crippen LogP contribution is -2.48. The van der Waals surface area contributed by atoms with E-state index >= 15 is 0 Å². The maximum absolute atomic E-state index is 12.5. The van der Waals surface area contributed by atoms with Gasteiger partial charge in [-0.1, -0.05) is 18.2 Å². The zero-order valence-electron chi connectivity index (χ0n) is 15.5. The van der Waals surface area contributed by atoms with Crippen LogP contribution in [0.4, 0.5) is 14.5 Å². The standard InChI is InChI=1S/C20H23F2N3O3/c1-27-18-5-3-2-4-16(18)17-12-23-10-11-25(17)13-19(26)24-14-6-8-15(9-7-14)28-20(21)22/h2-9,17,20,23H,10-13H2,1H3,(H,24,26). The van der Waals surface area contributed by atoms with Crippen LogP contribution < -0.4 is 20.1 Å². The molecule has 1 aliphatic heterocycles. The van der Waals surface area contributed by atoms with Gasteiger partial charge in [-0.15, -0.1) is 0 Å². The quantitative estimate of drug-likeness (QED) is 0.760. The van der Waals surface area contributed by atoms with E-state index in [1.807, 2.05) is 24.3 Å². The first-order valence-electron chi connectivity index (χ1n) is 8.99. The molecule has 28 heavy (non-hydrogen) atoms. The minimum absolute atomic E-state index is 0.0115. The Morgan fingerprint density at radius 2 is 2.00 bits per heavy atom. The lowest BCUT2D eigenvalue weighted by atomic mass is 10.0. The molecule has 1 unspecified atom stereocenters. The Balaban J connectivity index is 1.64. The highest BCUT2D eigenvalue weighted by Gasteiger charge is 2.27. The Bertz CT molecular complexity index is 787. The van der Waals surface area contributed by atoms with Crippen molar-refractivity contribution in [2.24, 2.45) is 0 Å². The van der Waals surface area contributed by atoms with Gasteiger partial charge in [0, 0.05) is 30.9 Å². The number of amides is 1. The fourth-order valence-electron chi connectivity index (χ4n) is 3.29. The van der Waals surface area contributed by atoms with Crippen LogP contribution in [0, 0.1) is 0 Å². The Morgan fingerprint density at radius 1 is 1.25 bits per heavy atom. The van der Waals surface area contributed by atoms with E-state index in [1.165, 1.54) is 24.3 Å². The van der Waals surface area contributed by atoms with Crippen molar-refractivity contribution in [3.05, 3.63) is 54.1 Å². The van der Waals surface area contributed by atoms with Crippen molar-refractivity contribution in [3.8, 4) is 11.5 Å². The van der Waals surface area contributed by atoms with E-state index in [1.54, 1.807) is 7.11 Å². The summed E-state index contributed by atoms with van der Waals surface area (Å²) in [5.41, 5.74) is 1.55. The molecule has 0 bridgehead atoms. The summed E-state index contributed by atoms with van der Waals surface area (Å²) in [5, 5.41) is 6.15. The smallest absolute Gasteiger partial charge is 0.387 e. The number of benzene rings is 2. The minimum Gasteiger partial charge on any atom is -0.496 e. The largest absolute Gasteiger partial charge is 0.496 e. The maximum atomic E-state index is 12.5. The summed E-state index contributed by atoms with van der Waals surface area (Å²) in [5.74, 6) is 0.659. The predicted molar refractivity (Wildman–Crippen MR) is 102 cm³/mol. The SMILES string of the molecule is COc1ccccc1C1CNCCN1CC(=O)Nc1ccc(OC(F)F)cc1. The van der Waals surface area contributed by atoms with Crippen LogP contribution in [0.25, 0.3) is 0 Å². The molecular formula is C20H23F2N3O3. The molecular weight excluding hydrogens is 368 g/mol. The Morgan fingerprint density at radius 3 is 2.71 bits per heavy atom. The average Bonchev–Trinajstić information content (AvgIpc) is 2.69. The third-order valence-corrected chi connectivity index (χ3v) is 4.56. The van der Waals surface area contributed by atoms with E-state index in [2.05, 4.69) is 20.3 Å². The summed E-state index contributed by atoms with van der Waals surface area (Å²) in [6.45, 7) is -0.442. The lowest BCUT2D eigenvalue weighted by molar-refractivity contribution is -0.118. The van der Waals surface area contributed by atoms with Gasteiger partial charge in [-0.3, -0.25) is 9.69 Å². The van der Waals surface area contributed by atoms with Crippen LogP contribution in [0.3, 0.4) is 0 Å². The highest BCUT2D eigenvalue weighted by atomic mass is 19.3. The number of piperazine rings is 1. The van der Waals surface area contributed by atoms with Gasteiger partial charge in [0.1, 0.15) is 11.5 Å². The minimum atomic E-state index is -2.87. The molecule has 0 saturated carbocycles. The zero-order valence-corrected chi connectivity index (χ0v) is 15.5. The number of methoxy groups -OCH3 is 1. The molecule has 1 amide bonds. The maximum Gasteiger partial charge on any atom is 0.387 e. The summed E-state index contributed by atoms with van der Waals surface area (Å²) in [6, 6.07) is 13.6. The first-order chi connectivity index (χ1) is 13.6. The third kappa shape index (κ3) is 5.17. The van der Waals surface area contributed by atoms with Gasteiger partial charge in [-0.2, -0.15) is 8.78 Å². The Labute approximate surface area is 162 Å². The van der Waals surface area contributed by atoms with Crippen LogP contribution in [0.2, 0.25) is 0 Å². The molecule has 6 nitrogen and oxygen atoms in total. The highest BCUT2D eigenvalue weighted by Crippen LogP contribution is 2.30. The van der Waals surface area contributed by atoms with Gasteiger partial charge >= 0.3 is 6.61 Å². The zero-order chi connectivity index (χ0) is 19.9. The van der Waals surface area contributed by atoms with Gasteiger partial charge in [0.15, 0.2) is 0 Å². The second kappa shape index (κ2) is 9.48. The summed E-state index contributed by atoms with van der Waals surface area (Å²) >= 11 is 0. The van der Waals surface area contributed by atoms with Crippen molar-refractivity contribution in [1.82, 2.24) is 10.2 Å². The molecule has 1 fully saturated rings. The number of hydrogen-bond acceptors (Lipinski definition) is 5. The molecule has 1 heterocycles. The molecule has 2 aromatic carbocycles. The average molecular weight is 391 g/mol. The number of carbonyl (C=O) groups is 1. The number of hydrogen-bond donors (Lipinski definition) is 2. The molecule has 1 saturated heterocycles. The van der Waals surface area contributed by atoms with Crippen molar-refractivity contribution in [2.75, 3.05) is 38.6 Å². The number of alkyl halides is 2. The van der Waals surface area contributed by atoms with Crippen molar-refractivity contribution in [1.29, 1.82) is 0 Å². The van der Waals surface area contributed by atoms with Crippen molar-refractivity contribution < 1.29 is 23.0 Å². The predicted octanol–water partition coefficient (Wildman–Crippen LogP) is 2.88. The number of nitrogens with one attached hydrogen (secondary N) is 2. The van der Waals surface area contributed by atoms with Crippen LogP contribution in [0.1, 0.15) is 11.6 Å². The van der Waals surface area contributed by atoms with Gasteiger partial charge in [0.05, 0.1) is 19.7 Å². The first-order valence-corrected chi connectivity index (χ1v) is 8.99. The molecule has 0 radical (unpaired) electrons. The first kappa shape index (κ1) is 20.0. The van der Waals surface area contributed by atoms with E-state index in [-0.39, 0.29) is 24.2 Å². The summed E-state index contributed by atoms with van der Waals surface area (Å²) in [7, 11) is 1.63. The Kier molecular flexibility index (Phi) is 6.78. The molecule has 0 aliphatic carbocycles. The van der Waals surface area contributed by atoms with E-state index in [9.17, 15) is 13.6 Å². The molecule has 1 aliphatic rings. The number of para-hydroxylation sites is 1. The van der Waals surface area contributed by atoms with Gasteiger partial charge in [-0.25, -0.2) is 0 Å². The molecule has 2 N–H and O–H groups in total. The monoisotopic (exact) mass is 391 g/mol. The van der Waals surface area contributed by atoms with Crippen molar-refractivity contribution in [2.45, 2.75) is 12.7 Å². The fourth-order valence-corrected chi connectivity index (χ4v) is 3.29. The number of ether oxygens (including phenoxy) is 2. The van der Waals surface area contributed by atoms with E-state index in [4.69, 9.17) is 4.74 Å². The van der Waals surface area contributed by atoms with E-state index in [0.717, 1.165) is 24.4 Å². The fraction of sp³-hybridized carbons (Fsp3) is 0.350. The molecule has 0 spiro atoms. The van der Waals surface area contributed by atoms with Crippen molar-refractivity contribution >= 4 is 11.6 Å². The number of carbonyl (C=O) groups excluding carboxylic acids is 1. The van der Waals surface area contributed by atoms with Crippen LogP contribution in [-0.2, 0) is 4.79 Å². The summed E-state index contributed by atoms with van der Waals surface area (Å²) in [4.78, 5) is 14.6. The second-order valence-corrected chi connectivity index (χ2v) is 6.38. The second-order valence-electron chi connectivity index (χ2n) is 6.38. The molecule has 150 valence electrons. The van der Waals surface area contributed by atoms with Crippen LogP contribution in [0.15, 0.2) is 48.5 Å². The van der Waals surface area contributed by atoms with Crippen LogP contribution >= 0.6 is 0 Å². The molecule has 8 heteroatoms. The van der Waals surface area contributed by atoms with Gasteiger partial charge in [0.25, 0.3) is 0 Å². The molecule has 2 aromatic rings. The normalized spacial score (nSPS) is 17.4. The number of anilines is 1. The van der Waals surface area contributed by atoms with Gasteiger partial charge < -0.3 is 20.1 Å². The van der Waals surface area contributed by atoms with E-state index < -0.39 is 6.61 Å². The third-order valence-electron chi connectivity index (χ3n) is 4.56. The topological polar surface area (TPSA) is 62.8 Å². The number of nitrogens with zero attached hydrogens (tertiary/aromatic N) is 1. The number of rotatable bonds is 7. The summed E-state index contributed by atoms with van der Waals surface area (Å²) in [6.07, 6.45) is 0. The Hall–Kier alpha value is -2.71. The van der Waals surface area contributed by atoms with Crippen LogP contribution in [0.5, 0.6) is 11.5 Å². The highest BCUT2D eigenvalue weighted by molar-refractivity contribution is 5.92. The summed E-state index contributed by atoms with van der Waals surface area (Å²) < 4.78 is 34.2. The lowest BCUT2D eigenvalue weighted by Gasteiger charge is -2.36. The van der Waals surface area contributed by atoms with E-state index in [0.29, 0.717) is 12.2 Å². The van der Waals surface area contributed by atoms with Crippen LogP contribution in [-0.4, -0.2) is 50.7 Å². The van der Waals surface area contributed by atoms with Gasteiger partial charge in [0.2, 0.25) is 5.91 Å².